The Labute approximate surface area is 224 Å². The summed E-state index contributed by atoms with van der Waals surface area (Å²) in [6, 6.07) is 7.64. The molecule has 1 aromatic heterocycles. The zero-order chi connectivity index (χ0) is 26.6. The number of unbranched alkanes of at least 4 members (excludes halogenated alkanes) is 9. The molecule has 3 nitrogen and oxygen atoms in total. The zero-order valence-corrected chi connectivity index (χ0v) is 23.4. The molecule has 0 aliphatic carbocycles. The van der Waals surface area contributed by atoms with E-state index < -0.39 is 12.3 Å². The molecule has 0 saturated heterocycles. The van der Waals surface area contributed by atoms with E-state index in [1.54, 1.807) is 0 Å². The minimum Gasteiger partial charge on any atom is -0.493 e. The van der Waals surface area contributed by atoms with Gasteiger partial charge in [-0.3, -0.25) is 0 Å². The highest BCUT2D eigenvalue weighted by molar-refractivity contribution is 5.55. The first kappa shape index (κ1) is 31.2. The van der Waals surface area contributed by atoms with Crippen LogP contribution in [0.4, 0.5) is 8.78 Å². The second-order valence-corrected chi connectivity index (χ2v) is 10.4. The third kappa shape index (κ3) is 14.5. The van der Waals surface area contributed by atoms with Crippen molar-refractivity contribution in [1.29, 1.82) is 0 Å². The van der Waals surface area contributed by atoms with Crippen LogP contribution in [0.3, 0.4) is 0 Å². The average molecular weight is 517 g/mol. The van der Waals surface area contributed by atoms with Crippen LogP contribution < -0.4 is 4.74 Å². The number of nitrogens with zero attached hydrogens (tertiary/aromatic N) is 2. The van der Waals surface area contributed by atoms with Gasteiger partial charge in [0.05, 0.1) is 6.61 Å². The first-order chi connectivity index (χ1) is 18.1. The van der Waals surface area contributed by atoms with Crippen molar-refractivity contribution in [2.75, 3.05) is 6.61 Å². The topological polar surface area (TPSA) is 35.0 Å². The Morgan fingerprint density at radius 1 is 0.649 bits per heavy atom. The van der Waals surface area contributed by atoms with Gasteiger partial charge in [0.1, 0.15) is 18.1 Å². The molecule has 0 amide bonds. The molecule has 2 atom stereocenters. The Hall–Kier alpha value is -2.04. The Morgan fingerprint density at radius 3 is 1.81 bits per heavy atom. The predicted molar refractivity (Wildman–Crippen MR) is 152 cm³/mol. The van der Waals surface area contributed by atoms with Gasteiger partial charge < -0.3 is 4.74 Å². The van der Waals surface area contributed by atoms with Gasteiger partial charge in [0.15, 0.2) is 5.82 Å². The Bertz CT molecular complexity index is 797. The van der Waals surface area contributed by atoms with E-state index in [2.05, 4.69) is 23.8 Å². The second kappa shape index (κ2) is 20.0. The molecule has 5 heteroatoms. The number of rotatable bonds is 22. The molecule has 1 aromatic carbocycles. The van der Waals surface area contributed by atoms with Crippen molar-refractivity contribution in [2.24, 2.45) is 0 Å². The molecule has 0 radical (unpaired) electrons. The molecule has 0 saturated carbocycles. The molecule has 0 aliphatic rings. The number of aromatic nitrogens is 2. The van der Waals surface area contributed by atoms with Crippen LogP contribution in [0, 0.1) is 0 Å². The standard InChI is InChI=1S/C32H50F2N2O/c1-3-5-7-8-9-10-11-12-13-15-27-25-35-32(36-26-27)28-19-21-31(22-20-28)37-24-23-30(34)18-14-17-29(33)16-6-4-2/h19-22,25-26,29-30H,3-18,23-24H2,1-2H3. The molecule has 0 spiro atoms. The van der Waals surface area contributed by atoms with Gasteiger partial charge in [-0.1, -0.05) is 78.1 Å². The van der Waals surface area contributed by atoms with Crippen LogP contribution in [0.2, 0.25) is 0 Å². The summed E-state index contributed by atoms with van der Waals surface area (Å²) in [5.74, 6) is 1.41. The minimum absolute atomic E-state index is 0.319. The first-order valence-electron chi connectivity index (χ1n) is 14.9. The van der Waals surface area contributed by atoms with E-state index in [1.807, 2.05) is 36.7 Å². The second-order valence-electron chi connectivity index (χ2n) is 10.4. The molecule has 2 unspecified atom stereocenters. The van der Waals surface area contributed by atoms with Gasteiger partial charge in [0.25, 0.3) is 0 Å². The number of hydrogen-bond acceptors (Lipinski definition) is 3. The summed E-state index contributed by atoms with van der Waals surface area (Å²) < 4.78 is 33.5. The summed E-state index contributed by atoms with van der Waals surface area (Å²) in [5.41, 5.74) is 2.13. The largest absolute Gasteiger partial charge is 0.493 e. The molecule has 208 valence electrons. The van der Waals surface area contributed by atoms with E-state index in [0.717, 1.165) is 24.8 Å². The van der Waals surface area contributed by atoms with E-state index in [1.165, 1.54) is 63.4 Å². The summed E-state index contributed by atoms with van der Waals surface area (Å²) >= 11 is 0. The van der Waals surface area contributed by atoms with Gasteiger partial charge in [-0.05, 0) is 68.4 Å². The first-order valence-corrected chi connectivity index (χ1v) is 14.9. The lowest BCUT2D eigenvalue weighted by Crippen LogP contribution is -2.09. The zero-order valence-electron chi connectivity index (χ0n) is 23.4. The average Bonchev–Trinajstić information content (AvgIpc) is 2.92. The molecule has 37 heavy (non-hydrogen) atoms. The maximum absolute atomic E-state index is 14.1. The Morgan fingerprint density at radius 2 is 1.19 bits per heavy atom. The number of alkyl halides is 2. The number of benzene rings is 1. The van der Waals surface area contributed by atoms with E-state index in [9.17, 15) is 8.78 Å². The Balaban J connectivity index is 1.60. The van der Waals surface area contributed by atoms with Crippen LogP contribution in [-0.2, 0) is 6.42 Å². The molecule has 2 aromatic rings. The molecule has 0 fully saturated rings. The third-order valence-electron chi connectivity index (χ3n) is 6.99. The van der Waals surface area contributed by atoms with Crippen LogP contribution in [-0.4, -0.2) is 28.9 Å². The summed E-state index contributed by atoms with van der Waals surface area (Å²) in [4.78, 5) is 9.10. The summed E-state index contributed by atoms with van der Waals surface area (Å²) in [5, 5.41) is 0. The van der Waals surface area contributed by atoms with Crippen LogP contribution >= 0.6 is 0 Å². The lowest BCUT2D eigenvalue weighted by atomic mass is 10.0. The molecule has 2 rings (SSSR count). The molecule has 0 N–H and O–H groups in total. The van der Waals surface area contributed by atoms with Gasteiger partial charge in [0, 0.05) is 24.4 Å². The SMILES string of the molecule is CCCCCCCCCCCc1cnc(-c2ccc(OCCC(F)CCCC(F)CCCC)cc2)nc1. The molecular weight excluding hydrogens is 466 g/mol. The van der Waals surface area contributed by atoms with Crippen molar-refractivity contribution in [3.05, 3.63) is 42.2 Å². The normalized spacial score (nSPS) is 13.0. The fraction of sp³-hybridized carbons (Fsp3) is 0.688. The highest BCUT2D eigenvalue weighted by atomic mass is 19.1. The van der Waals surface area contributed by atoms with Crippen molar-refractivity contribution in [2.45, 2.75) is 135 Å². The molecule has 0 aliphatic heterocycles. The van der Waals surface area contributed by atoms with Gasteiger partial charge in [0.2, 0.25) is 0 Å². The van der Waals surface area contributed by atoms with Crippen molar-refractivity contribution in [1.82, 2.24) is 9.97 Å². The summed E-state index contributed by atoms with van der Waals surface area (Å²) in [6.45, 7) is 4.64. The number of aryl methyl sites for hydroxylation is 1. The van der Waals surface area contributed by atoms with Crippen molar-refractivity contribution >= 4 is 0 Å². The number of hydrogen-bond donors (Lipinski definition) is 0. The minimum atomic E-state index is -0.944. The lowest BCUT2D eigenvalue weighted by molar-refractivity contribution is 0.213. The van der Waals surface area contributed by atoms with Gasteiger partial charge in [-0.15, -0.1) is 0 Å². The van der Waals surface area contributed by atoms with E-state index in [-0.39, 0.29) is 0 Å². The van der Waals surface area contributed by atoms with Crippen LogP contribution in [0.1, 0.15) is 122 Å². The monoisotopic (exact) mass is 516 g/mol. The summed E-state index contributed by atoms with van der Waals surface area (Å²) in [7, 11) is 0. The highest BCUT2D eigenvalue weighted by Gasteiger charge is 2.11. The number of halogens is 2. The fourth-order valence-electron chi connectivity index (χ4n) is 4.55. The smallest absolute Gasteiger partial charge is 0.159 e. The van der Waals surface area contributed by atoms with Crippen LogP contribution in [0.25, 0.3) is 11.4 Å². The fourth-order valence-corrected chi connectivity index (χ4v) is 4.55. The maximum atomic E-state index is 14.1. The highest BCUT2D eigenvalue weighted by Crippen LogP contribution is 2.21. The van der Waals surface area contributed by atoms with Gasteiger partial charge in [-0.25, -0.2) is 18.7 Å². The third-order valence-corrected chi connectivity index (χ3v) is 6.99. The van der Waals surface area contributed by atoms with E-state index >= 15 is 0 Å². The van der Waals surface area contributed by atoms with Gasteiger partial charge >= 0.3 is 0 Å². The van der Waals surface area contributed by atoms with Crippen molar-refractivity contribution < 1.29 is 13.5 Å². The van der Waals surface area contributed by atoms with Gasteiger partial charge in [-0.2, -0.15) is 0 Å². The summed E-state index contributed by atoms with van der Waals surface area (Å²) in [6.07, 6.45) is 19.5. The lowest BCUT2D eigenvalue weighted by Gasteiger charge is -2.11. The van der Waals surface area contributed by atoms with Crippen LogP contribution in [0.5, 0.6) is 5.75 Å². The molecule has 1 heterocycles. The van der Waals surface area contributed by atoms with Crippen molar-refractivity contribution in [3.63, 3.8) is 0 Å². The Kier molecular flexibility index (Phi) is 16.8. The van der Waals surface area contributed by atoms with E-state index in [0.29, 0.717) is 50.3 Å². The molecular formula is C32H50F2N2O. The molecule has 0 bridgehead atoms. The maximum Gasteiger partial charge on any atom is 0.159 e. The predicted octanol–water partition coefficient (Wildman–Crippen LogP) is 10.0. The number of ether oxygens (including phenoxy) is 1. The van der Waals surface area contributed by atoms with Crippen molar-refractivity contribution in [3.8, 4) is 17.1 Å². The van der Waals surface area contributed by atoms with E-state index in [4.69, 9.17) is 4.74 Å². The van der Waals surface area contributed by atoms with Crippen LogP contribution in [0.15, 0.2) is 36.7 Å². The quantitative estimate of drug-likeness (QED) is 0.146.